The number of ketones is 1. The van der Waals surface area contributed by atoms with Crippen LogP contribution >= 0.6 is 0 Å². The zero-order chi connectivity index (χ0) is 21.7. The van der Waals surface area contributed by atoms with Gasteiger partial charge in [0.05, 0.1) is 28.4 Å². The molecule has 0 aromatic heterocycles. The lowest BCUT2D eigenvalue weighted by atomic mass is 9.80. The molecule has 1 aliphatic rings. The lowest BCUT2D eigenvalue weighted by Gasteiger charge is -2.23. The third kappa shape index (κ3) is 4.51. The van der Waals surface area contributed by atoms with Crippen LogP contribution in [-0.4, -0.2) is 34.2 Å². The van der Waals surface area contributed by atoms with Gasteiger partial charge in [0, 0.05) is 11.1 Å². The Balaban J connectivity index is 1.94. The van der Waals surface area contributed by atoms with Crippen molar-refractivity contribution < 1.29 is 23.7 Å². The first-order chi connectivity index (χ1) is 14.5. The molecule has 0 heterocycles. The first-order valence-electron chi connectivity index (χ1n) is 9.91. The van der Waals surface area contributed by atoms with E-state index in [0.717, 1.165) is 35.1 Å². The fourth-order valence-corrected chi connectivity index (χ4v) is 3.66. The first kappa shape index (κ1) is 21.5. The molecule has 1 saturated carbocycles. The topological polar surface area (TPSA) is 54.0 Å². The zero-order valence-corrected chi connectivity index (χ0v) is 18.2. The van der Waals surface area contributed by atoms with Crippen molar-refractivity contribution in [2.45, 2.75) is 19.8 Å². The Bertz CT molecular complexity index is 987. The molecule has 2 aromatic carbocycles. The Hall–Kier alpha value is -3.21. The predicted molar refractivity (Wildman–Crippen MR) is 118 cm³/mol. The summed E-state index contributed by atoms with van der Waals surface area (Å²) in [6.45, 7) is 2.09. The maximum absolute atomic E-state index is 13.3. The van der Waals surface area contributed by atoms with Gasteiger partial charge in [0.2, 0.25) is 0 Å². The van der Waals surface area contributed by atoms with Gasteiger partial charge in [0.25, 0.3) is 0 Å². The summed E-state index contributed by atoms with van der Waals surface area (Å²) in [6.07, 6.45) is 5.57. The number of allylic oxidation sites excluding steroid dienone is 2. The highest BCUT2D eigenvalue weighted by Crippen LogP contribution is 2.35. The third-order valence-electron chi connectivity index (χ3n) is 5.41. The molecule has 0 N–H and O–H groups in total. The maximum Gasteiger partial charge on any atom is 0.185 e. The average molecular weight is 408 g/mol. The van der Waals surface area contributed by atoms with Gasteiger partial charge in [-0.05, 0) is 66.3 Å². The molecule has 1 fully saturated rings. The molecule has 0 radical (unpaired) electrons. The van der Waals surface area contributed by atoms with Crippen LogP contribution in [0.2, 0.25) is 0 Å². The number of rotatable bonds is 6. The predicted octanol–water partition coefficient (Wildman–Crippen LogP) is 5.19. The number of methoxy groups -OCH3 is 4. The largest absolute Gasteiger partial charge is 0.493 e. The van der Waals surface area contributed by atoms with E-state index in [0.29, 0.717) is 23.0 Å². The van der Waals surface area contributed by atoms with Crippen LogP contribution in [-0.2, 0) is 4.79 Å². The molecule has 5 heteroatoms. The highest BCUT2D eigenvalue weighted by atomic mass is 16.5. The Kier molecular flexibility index (Phi) is 6.83. The molecule has 1 atom stereocenters. The molecule has 1 unspecified atom stereocenters. The molecule has 3 rings (SSSR count). The normalized spacial score (nSPS) is 19.1. The monoisotopic (exact) mass is 408 g/mol. The quantitative estimate of drug-likeness (QED) is 0.616. The molecule has 0 aliphatic heterocycles. The van der Waals surface area contributed by atoms with Gasteiger partial charge in [-0.1, -0.05) is 19.1 Å². The molecule has 158 valence electrons. The van der Waals surface area contributed by atoms with Crippen molar-refractivity contribution in [3.05, 3.63) is 58.7 Å². The van der Waals surface area contributed by atoms with Crippen LogP contribution in [0.1, 0.15) is 30.9 Å². The van der Waals surface area contributed by atoms with E-state index >= 15 is 0 Å². The number of Topliss-reactive ketones (excluding diaryl/α,β-unsaturated/α-hetero) is 1. The molecule has 2 aromatic rings. The lowest BCUT2D eigenvalue weighted by Crippen LogP contribution is -2.19. The van der Waals surface area contributed by atoms with Gasteiger partial charge in [-0.25, -0.2) is 0 Å². The summed E-state index contributed by atoms with van der Waals surface area (Å²) in [5.41, 5.74) is 3.43. The number of carbonyl (C=O) groups excluding carboxylic acids is 1. The molecule has 1 aliphatic carbocycles. The van der Waals surface area contributed by atoms with Gasteiger partial charge < -0.3 is 18.9 Å². The lowest BCUT2D eigenvalue weighted by molar-refractivity contribution is -0.113. The second kappa shape index (κ2) is 9.53. The van der Waals surface area contributed by atoms with Crippen molar-refractivity contribution in [2.24, 2.45) is 5.92 Å². The average Bonchev–Trinajstić information content (AvgIpc) is 2.78. The third-order valence-corrected chi connectivity index (χ3v) is 5.41. The van der Waals surface area contributed by atoms with Crippen LogP contribution in [0.4, 0.5) is 0 Å². The van der Waals surface area contributed by atoms with Gasteiger partial charge in [-0.3, -0.25) is 4.79 Å². The van der Waals surface area contributed by atoms with Crippen molar-refractivity contribution in [3.63, 3.8) is 0 Å². The summed E-state index contributed by atoms with van der Waals surface area (Å²) >= 11 is 0. The van der Waals surface area contributed by atoms with E-state index < -0.39 is 0 Å². The van der Waals surface area contributed by atoms with E-state index in [1.807, 2.05) is 48.6 Å². The van der Waals surface area contributed by atoms with Gasteiger partial charge in [-0.2, -0.15) is 0 Å². The van der Waals surface area contributed by atoms with E-state index in [1.54, 1.807) is 28.4 Å². The Morgan fingerprint density at radius 1 is 0.767 bits per heavy atom. The summed E-state index contributed by atoms with van der Waals surface area (Å²) in [5.74, 6) is 2.88. The van der Waals surface area contributed by atoms with E-state index in [1.165, 1.54) is 0 Å². The maximum atomic E-state index is 13.3. The van der Waals surface area contributed by atoms with Crippen molar-refractivity contribution in [2.75, 3.05) is 28.4 Å². The SMILES string of the molecule is COc1ccc(/C=C2\CCC(C)/C(=C\c3ccc(OC)c(OC)c3)C2=O)cc1OC. The van der Waals surface area contributed by atoms with E-state index in [2.05, 4.69) is 6.92 Å². The summed E-state index contributed by atoms with van der Waals surface area (Å²) in [4.78, 5) is 13.3. The summed E-state index contributed by atoms with van der Waals surface area (Å²) in [7, 11) is 6.42. The molecule has 5 nitrogen and oxygen atoms in total. The molecular formula is C25H28O5. The van der Waals surface area contributed by atoms with Crippen molar-refractivity contribution >= 4 is 17.9 Å². The fourth-order valence-electron chi connectivity index (χ4n) is 3.66. The second-order valence-electron chi connectivity index (χ2n) is 7.27. The number of ether oxygens (including phenoxy) is 4. The smallest absolute Gasteiger partial charge is 0.185 e. The minimum atomic E-state index is 0.0818. The minimum absolute atomic E-state index is 0.0818. The van der Waals surface area contributed by atoms with E-state index in [4.69, 9.17) is 18.9 Å². The summed E-state index contributed by atoms with van der Waals surface area (Å²) in [6, 6.07) is 11.3. The number of hydrogen-bond donors (Lipinski definition) is 0. The molecule has 0 bridgehead atoms. The Labute approximate surface area is 177 Å². The van der Waals surface area contributed by atoms with Crippen molar-refractivity contribution in [1.82, 2.24) is 0 Å². The van der Waals surface area contributed by atoms with E-state index in [9.17, 15) is 4.79 Å². The summed E-state index contributed by atoms with van der Waals surface area (Å²) in [5, 5.41) is 0. The molecular weight excluding hydrogens is 380 g/mol. The standard InChI is InChI=1S/C25H28O5/c1-16-6-9-19(12-17-7-10-21(27-2)23(14-17)29-4)25(26)20(16)13-18-8-11-22(28-3)24(15-18)30-5/h7-8,10-16H,6,9H2,1-5H3/b19-12+,20-13+. The van der Waals surface area contributed by atoms with Crippen molar-refractivity contribution in [1.29, 1.82) is 0 Å². The Morgan fingerprint density at radius 2 is 1.27 bits per heavy atom. The number of carbonyl (C=O) groups is 1. The van der Waals surface area contributed by atoms with Crippen LogP contribution in [0.15, 0.2) is 47.5 Å². The molecule has 0 amide bonds. The fraction of sp³-hybridized carbons (Fsp3) is 0.320. The van der Waals surface area contributed by atoms with Gasteiger partial charge in [0.1, 0.15) is 0 Å². The Morgan fingerprint density at radius 3 is 1.77 bits per heavy atom. The van der Waals surface area contributed by atoms with Crippen LogP contribution in [0, 0.1) is 5.92 Å². The van der Waals surface area contributed by atoms with Crippen LogP contribution in [0.3, 0.4) is 0 Å². The number of hydrogen-bond acceptors (Lipinski definition) is 5. The first-order valence-corrected chi connectivity index (χ1v) is 9.91. The van der Waals surface area contributed by atoms with Crippen molar-refractivity contribution in [3.8, 4) is 23.0 Å². The van der Waals surface area contributed by atoms with Crippen LogP contribution < -0.4 is 18.9 Å². The molecule has 30 heavy (non-hydrogen) atoms. The summed E-state index contributed by atoms with van der Waals surface area (Å²) < 4.78 is 21.4. The van der Waals surface area contributed by atoms with Gasteiger partial charge >= 0.3 is 0 Å². The number of benzene rings is 2. The van der Waals surface area contributed by atoms with Gasteiger partial charge in [0.15, 0.2) is 28.8 Å². The highest BCUT2D eigenvalue weighted by molar-refractivity contribution is 6.14. The van der Waals surface area contributed by atoms with Gasteiger partial charge in [-0.15, -0.1) is 0 Å². The highest BCUT2D eigenvalue weighted by Gasteiger charge is 2.26. The van der Waals surface area contributed by atoms with E-state index in [-0.39, 0.29) is 11.7 Å². The molecule has 0 spiro atoms. The van der Waals surface area contributed by atoms with Crippen LogP contribution in [0.5, 0.6) is 23.0 Å². The minimum Gasteiger partial charge on any atom is -0.493 e. The second-order valence-corrected chi connectivity index (χ2v) is 7.27. The van der Waals surface area contributed by atoms with Crippen LogP contribution in [0.25, 0.3) is 12.2 Å². The molecule has 0 saturated heterocycles. The zero-order valence-electron chi connectivity index (χ0n) is 18.2.